The fourth-order valence-corrected chi connectivity index (χ4v) is 12.4. The van der Waals surface area contributed by atoms with Crippen LogP contribution in [0.15, 0.2) is 36.0 Å². The molecule has 0 bridgehead atoms. The molecule has 4 aliphatic rings. The average Bonchev–Trinajstić information content (AvgIpc) is 3.57. The van der Waals surface area contributed by atoms with Gasteiger partial charge in [0.2, 0.25) is 0 Å². The second-order valence-electron chi connectivity index (χ2n) is 21.1. The molecule has 0 aliphatic heterocycles. The summed E-state index contributed by atoms with van der Waals surface area (Å²) >= 11 is 0. The largest absolute Gasteiger partial charge is 0.379 e. The number of likely N-dealkylation sites (N-methyl/N-ethyl adjacent to an activating group) is 1. The van der Waals surface area contributed by atoms with Crippen molar-refractivity contribution in [3.05, 3.63) is 36.0 Å². The number of fused-ring (bicyclic) bond motifs is 5. The maximum Gasteiger partial charge on any atom is 0.0935 e. The maximum atomic E-state index is 6.47. The SMILES string of the molecule is CCCCC/C=C\C/C=C\CCCCCCCCOCC(CN(C)C)OCCOCCO[C@H]1CC[C@@]2(C)C(=CCC3C4CCC(C(C)CCCC(C)C)[C@@]4(C)CCC32)C1. The third kappa shape index (κ3) is 16.9. The highest BCUT2D eigenvalue weighted by Crippen LogP contribution is 2.67. The van der Waals surface area contributed by atoms with Gasteiger partial charge >= 0.3 is 0 Å². The zero-order valence-corrected chi connectivity index (χ0v) is 40.3. The normalized spacial score (nSPS) is 29.3. The third-order valence-corrected chi connectivity index (χ3v) is 15.8. The quantitative estimate of drug-likeness (QED) is 0.0499. The van der Waals surface area contributed by atoms with E-state index in [1.54, 1.807) is 5.57 Å². The lowest BCUT2D eigenvalue weighted by atomic mass is 9.47. The van der Waals surface area contributed by atoms with Crippen molar-refractivity contribution in [3.8, 4) is 0 Å². The van der Waals surface area contributed by atoms with Gasteiger partial charge in [-0.25, -0.2) is 0 Å². The topological polar surface area (TPSA) is 40.2 Å². The summed E-state index contributed by atoms with van der Waals surface area (Å²) in [5, 5.41) is 0. The minimum absolute atomic E-state index is 0.0745. The van der Waals surface area contributed by atoms with Gasteiger partial charge in [-0.05, 0) is 150 Å². The molecule has 0 heterocycles. The first-order valence-electron chi connectivity index (χ1n) is 25.6. The number of rotatable bonds is 32. The molecule has 0 N–H and O–H groups in total. The standard InChI is InChI=1S/C54H97NO4/c1-9-10-11-12-13-14-15-16-17-18-19-20-21-22-23-24-36-57-43-48(42-55(7)8)59-40-38-56-37-39-58-47-32-34-53(5)46(41-47)28-29-49-51-31-30-50(45(4)27-25-26-44(2)3)54(51,6)35-33-52(49)53/h13-14,16-17,28,44-45,47-52H,9-12,15,18-27,29-43H2,1-8H3/b14-13-,17-16-/t45?,47-,48?,49?,50?,51?,52?,53-,54+/m0/s1. The Hall–Kier alpha value is -0.980. The Morgan fingerprint density at radius 3 is 2.20 bits per heavy atom. The predicted molar refractivity (Wildman–Crippen MR) is 252 cm³/mol. The summed E-state index contributed by atoms with van der Waals surface area (Å²) in [6.07, 6.45) is 42.8. The average molecular weight is 824 g/mol. The van der Waals surface area contributed by atoms with Crippen LogP contribution in [0.3, 0.4) is 0 Å². The Morgan fingerprint density at radius 1 is 0.729 bits per heavy atom. The molecule has 6 unspecified atom stereocenters. The van der Waals surface area contributed by atoms with E-state index in [9.17, 15) is 0 Å². The van der Waals surface area contributed by atoms with Crippen LogP contribution in [0.4, 0.5) is 0 Å². The summed E-state index contributed by atoms with van der Waals surface area (Å²) in [7, 11) is 4.21. The summed E-state index contributed by atoms with van der Waals surface area (Å²) in [6, 6.07) is 0. The van der Waals surface area contributed by atoms with E-state index < -0.39 is 0 Å². The van der Waals surface area contributed by atoms with Crippen LogP contribution in [0.1, 0.15) is 189 Å². The maximum absolute atomic E-state index is 6.47. The van der Waals surface area contributed by atoms with Crippen molar-refractivity contribution in [1.82, 2.24) is 4.90 Å². The zero-order valence-electron chi connectivity index (χ0n) is 40.3. The molecule has 4 aliphatic carbocycles. The molecule has 0 saturated heterocycles. The van der Waals surface area contributed by atoms with Gasteiger partial charge in [0.15, 0.2) is 0 Å². The van der Waals surface area contributed by atoms with Gasteiger partial charge in [0.05, 0.1) is 45.2 Å². The van der Waals surface area contributed by atoms with Crippen molar-refractivity contribution in [3.63, 3.8) is 0 Å². The van der Waals surface area contributed by atoms with Crippen molar-refractivity contribution in [2.45, 2.75) is 201 Å². The van der Waals surface area contributed by atoms with Crippen LogP contribution >= 0.6 is 0 Å². The zero-order chi connectivity index (χ0) is 42.4. The fourth-order valence-electron chi connectivity index (χ4n) is 12.4. The first-order valence-corrected chi connectivity index (χ1v) is 25.6. The van der Waals surface area contributed by atoms with Gasteiger partial charge in [-0.2, -0.15) is 0 Å². The van der Waals surface area contributed by atoms with Crippen LogP contribution in [0.2, 0.25) is 0 Å². The van der Waals surface area contributed by atoms with E-state index in [0.29, 0.717) is 50.0 Å². The Balaban J connectivity index is 1.02. The van der Waals surface area contributed by atoms with E-state index in [0.717, 1.165) is 67.9 Å². The number of unbranched alkanes of at least 4 members (excludes halogenated alkanes) is 9. The van der Waals surface area contributed by atoms with E-state index >= 15 is 0 Å². The van der Waals surface area contributed by atoms with Crippen molar-refractivity contribution < 1.29 is 18.9 Å². The Morgan fingerprint density at radius 2 is 1.46 bits per heavy atom. The highest BCUT2D eigenvalue weighted by molar-refractivity contribution is 5.25. The molecule has 9 atom stereocenters. The summed E-state index contributed by atoms with van der Waals surface area (Å²) in [4.78, 5) is 2.19. The number of hydrogen-bond donors (Lipinski definition) is 0. The van der Waals surface area contributed by atoms with Crippen molar-refractivity contribution >= 4 is 0 Å². The summed E-state index contributed by atoms with van der Waals surface area (Å²) in [6.45, 7) is 19.9. The third-order valence-electron chi connectivity index (χ3n) is 15.8. The van der Waals surface area contributed by atoms with Crippen molar-refractivity contribution in [2.24, 2.45) is 46.3 Å². The lowest BCUT2D eigenvalue weighted by Gasteiger charge is -2.58. The summed E-state index contributed by atoms with van der Waals surface area (Å²) in [5.41, 5.74) is 2.67. The molecule has 342 valence electrons. The van der Waals surface area contributed by atoms with E-state index in [4.69, 9.17) is 18.9 Å². The molecule has 3 fully saturated rings. The molecule has 0 aromatic rings. The molecule has 0 spiro atoms. The second kappa shape index (κ2) is 27.9. The van der Waals surface area contributed by atoms with Crippen LogP contribution in [0.25, 0.3) is 0 Å². The van der Waals surface area contributed by atoms with Gasteiger partial charge in [-0.1, -0.05) is 135 Å². The van der Waals surface area contributed by atoms with Crippen molar-refractivity contribution in [2.75, 3.05) is 60.3 Å². The summed E-state index contributed by atoms with van der Waals surface area (Å²) in [5.74, 6) is 5.36. The lowest BCUT2D eigenvalue weighted by Crippen LogP contribution is -2.51. The van der Waals surface area contributed by atoms with E-state index in [1.807, 2.05) is 0 Å². The summed E-state index contributed by atoms with van der Waals surface area (Å²) < 4.78 is 24.8. The van der Waals surface area contributed by atoms with Crippen LogP contribution in [0, 0.1) is 46.3 Å². The number of allylic oxidation sites excluding steroid dienone is 5. The first-order chi connectivity index (χ1) is 28.6. The minimum Gasteiger partial charge on any atom is -0.379 e. The number of ether oxygens (including phenoxy) is 4. The van der Waals surface area contributed by atoms with Gasteiger partial charge in [-0.3, -0.25) is 0 Å². The highest BCUT2D eigenvalue weighted by atomic mass is 16.6. The Kier molecular flexibility index (Phi) is 24.0. The fraction of sp³-hybridized carbons (Fsp3) is 0.889. The van der Waals surface area contributed by atoms with Gasteiger partial charge in [0.25, 0.3) is 0 Å². The van der Waals surface area contributed by atoms with Crippen LogP contribution in [-0.4, -0.2) is 77.4 Å². The number of nitrogens with zero attached hydrogens (tertiary/aromatic N) is 1. The molecule has 4 rings (SSSR count). The predicted octanol–water partition coefficient (Wildman–Crippen LogP) is 14.2. The van der Waals surface area contributed by atoms with E-state index in [1.165, 1.54) is 128 Å². The second-order valence-corrected chi connectivity index (χ2v) is 21.1. The van der Waals surface area contributed by atoms with Gasteiger partial charge in [-0.15, -0.1) is 0 Å². The molecular weight excluding hydrogens is 727 g/mol. The van der Waals surface area contributed by atoms with Gasteiger partial charge in [0.1, 0.15) is 0 Å². The van der Waals surface area contributed by atoms with E-state index in [-0.39, 0.29) is 6.10 Å². The molecule has 3 saturated carbocycles. The Bertz CT molecular complexity index is 1190. The molecule has 0 amide bonds. The van der Waals surface area contributed by atoms with Crippen molar-refractivity contribution in [1.29, 1.82) is 0 Å². The van der Waals surface area contributed by atoms with Gasteiger partial charge in [0, 0.05) is 13.2 Å². The van der Waals surface area contributed by atoms with Crippen LogP contribution < -0.4 is 0 Å². The van der Waals surface area contributed by atoms with Crippen LogP contribution in [-0.2, 0) is 18.9 Å². The molecule has 0 radical (unpaired) electrons. The molecule has 59 heavy (non-hydrogen) atoms. The first kappa shape index (κ1) is 50.7. The smallest absolute Gasteiger partial charge is 0.0935 e. The molecule has 0 aromatic carbocycles. The molecule has 5 heteroatoms. The highest BCUT2D eigenvalue weighted by Gasteiger charge is 2.59. The number of hydrogen-bond acceptors (Lipinski definition) is 5. The lowest BCUT2D eigenvalue weighted by molar-refractivity contribution is -0.0727. The Labute approximate surface area is 366 Å². The van der Waals surface area contributed by atoms with E-state index in [2.05, 4.69) is 90.9 Å². The molecular formula is C54H97NO4. The monoisotopic (exact) mass is 824 g/mol. The molecule has 5 nitrogen and oxygen atoms in total. The van der Waals surface area contributed by atoms with Crippen LogP contribution in [0.5, 0.6) is 0 Å². The minimum atomic E-state index is 0.0745. The molecule has 0 aromatic heterocycles. The van der Waals surface area contributed by atoms with Gasteiger partial charge < -0.3 is 23.8 Å².